The third kappa shape index (κ3) is 5.97. The van der Waals surface area contributed by atoms with Gasteiger partial charge in [0.15, 0.2) is 0 Å². The molecular formula is C19H31N4O6P. The maximum Gasteiger partial charge on any atom is 0.330 e. The van der Waals surface area contributed by atoms with Gasteiger partial charge in [0.05, 0.1) is 31.8 Å². The average molecular weight is 442 g/mol. The van der Waals surface area contributed by atoms with E-state index >= 15 is 0 Å². The molecule has 0 aromatic carbocycles. The molecule has 2 N–H and O–H groups in total. The molecular weight excluding hydrogens is 411 g/mol. The molecule has 1 unspecified atom stereocenters. The Balaban J connectivity index is 2.24. The van der Waals surface area contributed by atoms with Crippen LogP contribution in [-0.4, -0.2) is 56.8 Å². The molecule has 0 amide bonds. The van der Waals surface area contributed by atoms with E-state index in [4.69, 9.17) is 19.0 Å². The van der Waals surface area contributed by atoms with Crippen LogP contribution in [0.3, 0.4) is 0 Å². The zero-order valence-electron chi connectivity index (χ0n) is 18.1. The monoisotopic (exact) mass is 442 g/mol. The highest BCUT2D eigenvalue weighted by molar-refractivity contribution is 7.44. The van der Waals surface area contributed by atoms with Crippen LogP contribution in [0.4, 0.5) is 0 Å². The predicted octanol–water partition coefficient (Wildman–Crippen LogP) is 1.79. The minimum absolute atomic E-state index is 0.133. The molecule has 11 heteroatoms. The van der Waals surface area contributed by atoms with Crippen LogP contribution < -0.4 is 11.2 Å². The molecule has 1 aliphatic heterocycles. The molecule has 4 atom stereocenters. The molecule has 2 heterocycles. The second kappa shape index (κ2) is 11.1. The molecule has 0 bridgehead atoms. The predicted molar refractivity (Wildman–Crippen MR) is 112 cm³/mol. The number of nitrogens with one attached hydrogen (secondary N) is 1. The molecule has 1 saturated heterocycles. The second-order valence-electron chi connectivity index (χ2n) is 7.72. The summed E-state index contributed by atoms with van der Waals surface area (Å²) in [5.41, 5.74) is -0.637. The number of ether oxygens (including phenoxy) is 1. The Kier molecular flexibility index (Phi) is 9.16. The van der Waals surface area contributed by atoms with E-state index in [2.05, 4.69) is 15.7 Å². The lowest BCUT2D eigenvalue weighted by Gasteiger charge is -2.37. The summed E-state index contributed by atoms with van der Waals surface area (Å²) in [4.78, 5) is 26.1. The van der Waals surface area contributed by atoms with Crippen LogP contribution in [0.1, 0.15) is 52.3 Å². The Morgan fingerprint density at radius 1 is 1.40 bits per heavy atom. The summed E-state index contributed by atoms with van der Waals surface area (Å²) in [6.07, 6.45) is 0.139. The number of hydrogen-bond acceptors (Lipinski definition) is 8. The fraction of sp³-hybridized carbons (Fsp3) is 0.737. The molecule has 168 valence electrons. The van der Waals surface area contributed by atoms with Gasteiger partial charge in [-0.1, -0.05) is 0 Å². The maximum absolute atomic E-state index is 12.2. The number of aromatic nitrogens is 2. The minimum atomic E-state index is -1.52. The number of aliphatic hydroxyl groups is 1. The van der Waals surface area contributed by atoms with Gasteiger partial charge in [-0.2, -0.15) is 5.26 Å². The maximum atomic E-state index is 12.2. The SMILES string of the molecule is Cc1cn([C@H]2C[C@H](OP(OCCC#N)N(C(C)C)C(C)C)[C@@H](CO)O2)c(=O)[nH]c1=O. The standard InChI is InChI=1S/C19H31N4O6P/c1-12(2)23(13(3)4)30(27-8-6-7-20)29-15-9-17(28-16(15)11-24)22-10-14(5)18(25)21-19(22)26/h10,12-13,15-17,24H,6,8-9,11H2,1-5H3,(H,21,25,26)/t15-,16+,17+,30?/m0/s1. The zero-order valence-corrected chi connectivity index (χ0v) is 19.0. The van der Waals surface area contributed by atoms with E-state index < -0.39 is 38.2 Å². The number of nitrogens with zero attached hydrogens (tertiary/aromatic N) is 3. The molecule has 2 rings (SSSR count). The van der Waals surface area contributed by atoms with E-state index in [-0.39, 0.29) is 31.7 Å². The van der Waals surface area contributed by atoms with Gasteiger partial charge in [0, 0.05) is 30.3 Å². The summed E-state index contributed by atoms with van der Waals surface area (Å²) in [5.74, 6) is 0. The Morgan fingerprint density at radius 2 is 2.07 bits per heavy atom. The highest BCUT2D eigenvalue weighted by Gasteiger charge is 2.41. The Morgan fingerprint density at radius 3 is 2.63 bits per heavy atom. The van der Waals surface area contributed by atoms with Crippen molar-refractivity contribution in [2.75, 3.05) is 13.2 Å². The van der Waals surface area contributed by atoms with Crippen molar-refractivity contribution in [1.29, 1.82) is 5.26 Å². The van der Waals surface area contributed by atoms with Crippen LogP contribution in [-0.2, 0) is 13.8 Å². The molecule has 1 aromatic rings. The first-order valence-electron chi connectivity index (χ1n) is 10.0. The highest BCUT2D eigenvalue weighted by Crippen LogP contribution is 2.49. The van der Waals surface area contributed by atoms with Gasteiger partial charge in [-0.25, -0.2) is 9.46 Å². The number of nitriles is 1. The first-order valence-corrected chi connectivity index (χ1v) is 11.2. The van der Waals surface area contributed by atoms with Gasteiger partial charge in [-0.05, 0) is 34.6 Å². The van der Waals surface area contributed by atoms with E-state index in [0.29, 0.717) is 12.0 Å². The molecule has 30 heavy (non-hydrogen) atoms. The lowest BCUT2D eigenvalue weighted by molar-refractivity contribution is -0.0439. The lowest BCUT2D eigenvalue weighted by Crippen LogP contribution is -2.36. The molecule has 1 fully saturated rings. The summed E-state index contributed by atoms with van der Waals surface area (Å²) in [6.45, 7) is 9.69. The fourth-order valence-electron chi connectivity index (χ4n) is 3.36. The number of rotatable bonds is 10. The van der Waals surface area contributed by atoms with Crippen LogP contribution in [0.5, 0.6) is 0 Å². The van der Waals surface area contributed by atoms with Crippen molar-refractivity contribution in [3.05, 3.63) is 32.6 Å². The quantitative estimate of drug-likeness (QED) is 0.414. The van der Waals surface area contributed by atoms with Gasteiger partial charge >= 0.3 is 5.69 Å². The van der Waals surface area contributed by atoms with Crippen molar-refractivity contribution in [1.82, 2.24) is 14.2 Å². The Labute approximate surface area is 177 Å². The molecule has 0 saturated carbocycles. The van der Waals surface area contributed by atoms with Crippen molar-refractivity contribution >= 4 is 8.53 Å². The van der Waals surface area contributed by atoms with E-state index in [0.717, 1.165) is 0 Å². The van der Waals surface area contributed by atoms with Crippen LogP contribution in [0.25, 0.3) is 0 Å². The van der Waals surface area contributed by atoms with Gasteiger partial charge in [-0.3, -0.25) is 14.3 Å². The van der Waals surface area contributed by atoms with E-state index in [1.165, 1.54) is 10.8 Å². The van der Waals surface area contributed by atoms with E-state index in [9.17, 15) is 14.7 Å². The Bertz CT molecular complexity index is 841. The minimum Gasteiger partial charge on any atom is -0.394 e. The third-order valence-electron chi connectivity index (χ3n) is 4.70. The molecule has 0 spiro atoms. The van der Waals surface area contributed by atoms with Gasteiger partial charge in [0.2, 0.25) is 0 Å². The summed E-state index contributed by atoms with van der Waals surface area (Å²) in [7, 11) is -1.52. The Hall–Kier alpha value is -1.60. The van der Waals surface area contributed by atoms with Gasteiger partial charge in [-0.15, -0.1) is 0 Å². The second-order valence-corrected chi connectivity index (χ2v) is 9.12. The normalized spacial score (nSPS) is 22.7. The fourth-order valence-corrected chi connectivity index (χ4v) is 5.11. The number of H-pyrrole nitrogens is 1. The van der Waals surface area contributed by atoms with Crippen molar-refractivity contribution in [2.45, 2.75) is 78.0 Å². The van der Waals surface area contributed by atoms with Crippen molar-refractivity contribution in [3.63, 3.8) is 0 Å². The number of aryl methyl sites for hydroxylation is 1. The topological polar surface area (TPSA) is 130 Å². The van der Waals surface area contributed by atoms with Crippen molar-refractivity contribution < 1.29 is 18.9 Å². The summed E-state index contributed by atoms with van der Waals surface area (Å²) < 4.78 is 21.5. The van der Waals surface area contributed by atoms with E-state index in [1.807, 2.05) is 27.7 Å². The van der Waals surface area contributed by atoms with Crippen molar-refractivity contribution in [3.8, 4) is 6.07 Å². The highest BCUT2D eigenvalue weighted by atomic mass is 31.2. The lowest BCUT2D eigenvalue weighted by atomic mass is 10.2. The largest absolute Gasteiger partial charge is 0.394 e. The average Bonchev–Trinajstić information content (AvgIpc) is 3.06. The first kappa shape index (κ1) is 24.7. The smallest absolute Gasteiger partial charge is 0.330 e. The van der Waals surface area contributed by atoms with Gasteiger partial charge in [0.1, 0.15) is 12.3 Å². The van der Waals surface area contributed by atoms with Crippen LogP contribution in [0, 0.1) is 18.3 Å². The van der Waals surface area contributed by atoms with Crippen LogP contribution in [0.2, 0.25) is 0 Å². The van der Waals surface area contributed by atoms with Gasteiger partial charge < -0.3 is 18.9 Å². The summed E-state index contributed by atoms with van der Waals surface area (Å²) in [6, 6.07) is 2.32. The number of aromatic amines is 1. The molecule has 0 aliphatic carbocycles. The zero-order chi connectivity index (χ0) is 22.4. The number of aliphatic hydroxyl groups excluding tert-OH is 1. The molecule has 1 aliphatic rings. The van der Waals surface area contributed by atoms with Crippen molar-refractivity contribution in [2.24, 2.45) is 0 Å². The molecule has 10 nitrogen and oxygen atoms in total. The molecule has 0 radical (unpaired) electrons. The van der Waals surface area contributed by atoms with Crippen LogP contribution in [0.15, 0.2) is 15.8 Å². The third-order valence-corrected chi connectivity index (χ3v) is 6.86. The first-order chi connectivity index (χ1) is 14.2. The van der Waals surface area contributed by atoms with Crippen LogP contribution >= 0.6 is 8.53 Å². The van der Waals surface area contributed by atoms with E-state index in [1.54, 1.807) is 6.92 Å². The number of hydrogen-bond donors (Lipinski definition) is 2. The molecule has 1 aromatic heterocycles. The van der Waals surface area contributed by atoms with Gasteiger partial charge in [0.25, 0.3) is 14.1 Å². The summed E-state index contributed by atoms with van der Waals surface area (Å²) in [5, 5.41) is 18.7. The summed E-state index contributed by atoms with van der Waals surface area (Å²) >= 11 is 0.